The first-order valence-corrected chi connectivity index (χ1v) is 12.0. The van der Waals surface area contributed by atoms with Gasteiger partial charge in [0.2, 0.25) is 0 Å². The molecule has 0 unspecified atom stereocenters. The predicted octanol–water partition coefficient (Wildman–Crippen LogP) is 4.87. The maximum Gasteiger partial charge on any atom is 0.255 e. The minimum absolute atomic E-state index is 0.213. The van der Waals surface area contributed by atoms with Gasteiger partial charge in [-0.15, -0.1) is 0 Å². The number of rotatable bonds is 8. The molecule has 0 radical (unpaired) electrons. The van der Waals surface area contributed by atoms with E-state index in [0.29, 0.717) is 42.1 Å². The summed E-state index contributed by atoms with van der Waals surface area (Å²) in [5.41, 5.74) is 12.0. The number of pyridine rings is 1. The van der Waals surface area contributed by atoms with Gasteiger partial charge >= 0.3 is 0 Å². The van der Waals surface area contributed by atoms with Gasteiger partial charge in [0.15, 0.2) is 5.65 Å². The molecule has 1 amide bonds. The van der Waals surface area contributed by atoms with E-state index in [1.165, 1.54) is 0 Å². The van der Waals surface area contributed by atoms with Gasteiger partial charge in [0.05, 0.1) is 17.2 Å². The highest BCUT2D eigenvalue weighted by Gasteiger charge is 2.19. The van der Waals surface area contributed by atoms with Crippen LogP contribution in [0.15, 0.2) is 97.2 Å². The van der Waals surface area contributed by atoms with Crippen LogP contribution in [0, 0.1) is 11.3 Å². The Morgan fingerprint density at radius 3 is 2.41 bits per heavy atom. The normalized spacial score (nSPS) is 10.7. The van der Waals surface area contributed by atoms with Crippen LogP contribution in [-0.4, -0.2) is 15.3 Å². The molecule has 182 valence electrons. The second-order valence-electron chi connectivity index (χ2n) is 8.66. The molecular weight excluding hydrogens is 460 g/mol. The Labute approximate surface area is 215 Å². The summed E-state index contributed by atoms with van der Waals surface area (Å²) in [6.45, 7) is 1.42. The number of amides is 1. The van der Waals surface area contributed by atoms with E-state index in [4.69, 9.17) is 10.7 Å². The first-order valence-electron chi connectivity index (χ1n) is 12.0. The summed E-state index contributed by atoms with van der Waals surface area (Å²) >= 11 is 0. The minimum Gasteiger partial charge on any atom is -0.365 e. The van der Waals surface area contributed by atoms with Gasteiger partial charge in [-0.2, -0.15) is 5.26 Å². The van der Waals surface area contributed by atoms with Crippen LogP contribution in [0.3, 0.4) is 0 Å². The lowest BCUT2D eigenvalue weighted by Gasteiger charge is -2.10. The van der Waals surface area contributed by atoms with Gasteiger partial charge < -0.3 is 16.4 Å². The molecule has 5 rings (SSSR count). The summed E-state index contributed by atoms with van der Waals surface area (Å²) < 4.78 is 1.90. The van der Waals surface area contributed by atoms with E-state index in [2.05, 4.69) is 28.8 Å². The molecule has 0 spiro atoms. The number of carbonyl (C=O) groups excluding carboxylic acids is 1. The standard InChI is InChI=1S/C30H26N6O/c31-17-21-11-13-25(14-12-21)27-29(33-19-22-6-2-1-3-7-22)36-15-5-10-26(28(36)35-27)30(37)34-20-24-9-4-8-23(16-24)18-32/h1-16,33H,18-20,32H2,(H,34,37). The van der Waals surface area contributed by atoms with Crippen LogP contribution in [0.2, 0.25) is 0 Å². The Bertz CT molecular complexity index is 1580. The van der Waals surface area contributed by atoms with Gasteiger partial charge in [0, 0.05) is 31.4 Å². The average molecular weight is 487 g/mol. The van der Waals surface area contributed by atoms with Crippen molar-refractivity contribution < 1.29 is 4.79 Å². The monoisotopic (exact) mass is 486 g/mol. The van der Waals surface area contributed by atoms with E-state index < -0.39 is 0 Å². The van der Waals surface area contributed by atoms with Crippen LogP contribution in [0.4, 0.5) is 5.82 Å². The Morgan fingerprint density at radius 1 is 0.892 bits per heavy atom. The van der Waals surface area contributed by atoms with Crippen molar-refractivity contribution >= 4 is 17.4 Å². The van der Waals surface area contributed by atoms with Crippen LogP contribution >= 0.6 is 0 Å². The molecule has 7 heteroatoms. The largest absolute Gasteiger partial charge is 0.365 e. The van der Waals surface area contributed by atoms with E-state index in [1.807, 2.05) is 71.3 Å². The number of nitrogens with zero attached hydrogens (tertiary/aromatic N) is 3. The quantitative estimate of drug-likeness (QED) is 0.290. The SMILES string of the molecule is N#Cc1ccc(-c2nc3c(C(=O)NCc4cccc(CN)c4)cccn3c2NCc2ccccc2)cc1. The molecule has 0 saturated heterocycles. The maximum atomic E-state index is 13.3. The molecule has 0 atom stereocenters. The zero-order valence-electron chi connectivity index (χ0n) is 20.2. The molecule has 4 N–H and O–H groups in total. The van der Waals surface area contributed by atoms with Gasteiger partial charge in [0.1, 0.15) is 11.5 Å². The average Bonchev–Trinajstić information content (AvgIpc) is 3.34. The molecule has 37 heavy (non-hydrogen) atoms. The van der Waals surface area contributed by atoms with Crippen LogP contribution in [0.1, 0.15) is 32.6 Å². The van der Waals surface area contributed by atoms with E-state index in [9.17, 15) is 10.1 Å². The Morgan fingerprint density at radius 2 is 1.65 bits per heavy atom. The van der Waals surface area contributed by atoms with Crippen LogP contribution < -0.4 is 16.4 Å². The number of carbonyl (C=O) groups is 1. The number of hydrogen-bond acceptors (Lipinski definition) is 5. The summed E-state index contributed by atoms with van der Waals surface area (Å²) in [7, 11) is 0. The van der Waals surface area contributed by atoms with E-state index in [1.54, 1.807) is 18.2 Å². The highest BCUT2D eigenvalue weighted by Crippen LogP contribution is 2.30. The van der Waals surface area contributed by atoms with Gasteiger partial charge in [-0.3, -0.25) is 9.20 Å². The molecule has 3 aromatic carbocycles. The summed E-state index contributed by atoms with van der Waals surface area (Å²) in [6.07, 6.45) is 1.89. The van der Waals surface area contributed by atoms with E-state index in [-0.39, 0.29) is 5.91 Å². The number of nitrogens with two attached hydrogens (primary N) is 1. The molecule has 2 heterocycles. The van der Waals surface area contributed by atoms with Gasteiger partial charge in [-0.1, -0.05) is 66.7 Å². The predicted molar refractivity (Wildman–Crippen MR) is 145 cm³/mol. The lowest BCUT2D eigenvalue weighted by Crippen LogP contribution is -2.23. The summed E-state index contributed by atoms with van der Waals surface area (Å²) in [5.74, 6) is 0.559. The van der Waals surface area contributed by atoms with Crippen molar-refractivity contribution in [1.29, 1.82) is 5.26 Å². The summed E-state index contributed by atoms with van der Waals surface area (Å²) in [4.78, 5) is 18.2. The number of anilines is 1. The van der Waals surface area contributed by atoms with Crippen molar-refractivity contribution in [2.24, 2.45) is 5.73 Å². The maximum absolute atomic E-state index is 13.3. The molecule has 0 aliphatic carbocycles. The smallest absolute Gasteiger partial charge is 0.255 e. The van der Waals surface area contributed by atoms with E-state index in [0.717, 1.165) is 28.1 Å². The fraction of sp³-hybridized carbons (Fsp3) is 0.100. The summed E-state index contributed by atoms with van der Waals surface area (Å²) in [6, 6.07) is 31.0. The first-order chi connectivity index (χ1) is 18.2. The fourth-order valence-electron chi connectivity index (χ4n) is 4.24. The van der Waals surface area contributed by atoms with Crippen molar-refractivity contribution in [2.45, 2.75) is 19.6 Å². The molecule has 5 aromatic rings. The van der Waals surface area contributed by atoms with Gasteiger partial charge in [0.25, 0.3) is 5.91 Å². The molecule has 2 aromatic heterocycles. The Hall–Kier alpha value is -4.93. The lowest BCUT2D eigenvalue weighted by molar-refractivity contribution is 0.0952. The highest BCUT2D eigenvalue weighted by molar-refractivity contribution is 6.00. The second-order valence-corrected chi connectivity index (χ2v) is 8.66. The topological polar surface area (TPSA) is 108 Å². The van der Waals surface area contributed by atoms with Crippen LogP contribution in [0.5, 0.6) is 0 Å². The van der Waals surface area contributed by atoms with Crippen LogP contribution in [0.25, 0.3) is 16.9 Å². The third-order valence-corrected chi connectivity index (χ3v) is 6.17. The first kappa shape index (κ1) is 23.8. The van der Waals surface area contributed by atoms with Crippen molar-refractivity contribution in [3.05, 3.63) is 125 Å². The zero-order valence-corrected chi connectivity index (χ0v) is 20.2. The number of nitriles is 1. The summed E-state index contributed by atoms with van der Waals surface area (Å²) in [5, 5.41) is 15.7. The number of fused-ring (bicyclic) bond motifs is 1. The number of hydrogen-bond donors (Lipinski definition) is 3. The van der Waals surface area contributed by atoms with Crippen LogP contribution in [-0.2, 0) is 19.6 Å². The third-order valence-electron chi connectivity index (χ3n) is 6.17. The number of aromatic nitrogens is 2. The number of imidazole rings is 1. The zero-order chi connectivity index (χ0) is 25.6. The molecule has 0 fully saturated rings. The van der Waals surface area contributed by atoms with Crippen molar-refractivity contribution in [3.63, 3.8) is 0 Å². The molecule has 0 saturated carbocycles. The van der Waals surface area contributed by atoms with Gasteiger partial charge in [-0.05, 0) is 41.0 Å². The molecule has 0 aliphatic rings. The molecule has 7 nitrogen and oxygen atoms in total. The Kier molecular flexibility index (Phi) is 6.93. The highest BCUT2D eigenvalue weighted by atomic mass is 16.1. The number of nitrogens with one attached hydrogen (secondary N) is 2. The van der Waals surface area contributed by atoms with Gasteiger partial charge in [-0.25, -0.2) is 4.98 Å². The van der Waals surface area contributed by atoms with E-state index >= 15 is 0 Å². The van der Waals surface area contributed by atoms with Crippen molar-refractivity contribution in [1.82, 2.24) is 14.7 Å². The van der Waals surface area contributed by atoms with Crippen molar-refractivity contribution in [3.8, 4) is 17.3 Å². The third kappa shape index (κ3) is 5.20. The molecular formula is C30H26N6O. The number of benzene rings is 3. The Balaban J connectivity index is 1.50. The fourth-order valence-corrected chi connectivity index (χ4v) is 4.24. The second kappa shape index (κ2) is 10.8. The van der Waals surface area contributed by atoms with Crippen molar-refractivity contribution in [2.75, 3.05) is 5.32 Å². The lowest BCUT2D eigenvalue weighted by atomic mass is 10.1. The minimum atomic E-state index is -0.213. The molecule has 0 aliphatic heterocycles. The molecule has 0 bridgehead atoms.